The third kappa shape index (κ3) is 3.91. The smallest absolute Gasteiger partial charge is 0.224 e. The molecule has 0 saturated heterocycles. The number of nitrogens with one attached hydrogen (secondary N) is 2. The molecule has 28 heavy (non-hydrogen) atoms. The number of rotatable bonds is 5. The van der Waals surface area contributed by atoms with Gasteiger partial charge in [0.25, 0.3) is 0 Å². The van der Waals surface area contributed by atoms with Crippen LogP contribution >= 0.6 is 0 Å². The van der Waals surface area contributed by atoms with Crippen LogP contribution in [-0.4, -0.2) is 15.9 Å². The first kappa shape index (κ1) is 17.9. The summed E-state index contributed by atoms with van der Waals surface area (Å²) in [6, 6.07) is 14.8. The van der Waals surface area contributed by atoms with Crippen LogP contribution in [0, 0.1) is 11.6 Å². The van der Waals surface area contributed by atoms with Gasteiger partial charge in [-0.05, 0) is 41.8 Å². The number of anilines is 1. The molecular formula is C22H17F2N3O. The molecule has 2 heterocycles. The van der Waals surface area contributed by atoms with Crippen molar-refractivity contribution in [2.24, 2.45) is 0 Å². The van der Waals surface area contributed by atoms with E-state index < -0.39 is 11.6 Å². The van der Waals surface area contributed by atoms with Crippen molar-refractivity contribution in [1.82, 2.24) is 9.97 Å². The summed E-state index contributed by atoms with van der Waals surface area (Å²) in [5.74, 6) is -1.63. The number of fused-ring (bicyclic) bond motifs is 1. The molecule has 0 spiro atoms. The first-order valence-corrected chi connectivity index (χ1v) is 8.86. The Labute approximate surface area is 160 Å². The van der Waals surface area contributed by atoms with E-state index in [1.54, 1.807) is 6.20 Å². The quantitative estimate of drug-likeness (QED) is 0.510. The van der Waals surface area contributed by atoms with Gasteiger partial charge in [-0.2, -0.15) is 0 Å². The second-order valence-corrected chi connectivity index (χ2v) is 6.51. The average Bonchev–Trinajstić information content (AvgIpc) is 3.17. The Hall–Kier alpha value is -3.54. The number of nitrogens with zero attached hydrogens (tertiary/aromatic N) is 1. The summed E-state index contributed by atoms with van der Waals surface area (Å²) in [4.78, 5) is 19.6. The van der Waals surface area contributed by atoms with Crippen molar-refractivity contribution in [3.05, 3.63) is 84.2 Å². The van der Waals surface area contributed by atoms with Crippen molar-refractivity contribution < 1.29 is 13.6 Å². The topological polar surface area (TPSA) is 57.8 Å². The summed E-state index contributed by atoms with van der Waals surface area (Å²) in [5.41, 5.74) is 3.65. The fourth-order valence-corrected chi connectivity index (χ4v) is 3.07. The SMILES string of the molecule is O=C(CCc1cccc(-c2cnc3[nH]ccc3c2)c1)Nc1cc(F)ccc1F. The van der Waals surface area contributed by atoms with Crippen LogP contribution < -0.4 is 5.32 Å². The summed E-state index contributed by atoms with van der Waals surface area (Å²) >= 11 is 0. The maximum absolute atomic E-state index is 13.6. The van der Waals surface area contributed by atoms with E-state index in [1.165, 1.54) is 0 Å². The molecule has 4 nitrogen and oxygen atoms in total. The summed E-state index contributed by atoms with van der Waals surface area (Å²) in [6.45, 7) is 0. The van der Waals surface area contributed by atoms with Crippen LogP contribution in [0.15, 0.2) is 67.0 Å². The fraction of sp³-hybridized carbons (Fsp3) is 0.0909. The number of amides is 1. The number of halogens is 2. The fourth-order valence-electron chi connectivity index (χ4n) is 3.07. The number of carbonyl (C=O) groups is 1. The Bertz CT molecular complexity index is 1150. The average molecular weight is 377 g/mol. The molecule has 4 aromatic rings. The number of benzene rings is 2. The molecule has 4 rings (SSSR count). The van der Waals surface area contributed by atoms with Crippen LogP contribution in [0.5, 0.6) is 0 Å². The van der Waals surface area contributed by atoms with Gasteiger partial charge in [-0.3, -0.25) is 4.79 Å². The van der Waals surface area contributed by atoms with Crippen molar-refractivity contribution in [1.29, 1.82) is 0 Å². The van der Waals surface area contributed by atoms with Crippen molar-refractivity contribution >= 4 is 22.6 Å². The minimum Gasteiger partial charge on any atom is -0.346 e. The molecule has 2 aromatic heterocycles. The standard InChI is InChI=1S/C22H17F2N3O/c23-18-5-6-19(24)20(12-18)27-21(28)7-4-14-2-1-3-15(10-14)17-11-16-8-9-25-22(16)26-13-17/h1-3,5-6,8-13H,4,7H2,(H,25,26)(H,27,28). The van der Waals surface area contributed by atoms with E-state index >= 15 is 0 Å². The number of aryl methyl sites for hydroxylation is 1. The van der Waals surface area contributed by atoms with Gasteiger partial charge in [0.1, 0.15) is 17.3 Å². The number of aromatic nitrogens is 2. The highest BCUT2D eigenvalue weighted by Crippen LogP contribution is 2.24. The number of carbonyl (C=O) groups excluding carboxylic acids is 1. The third-order valence-corrected chi connectivity index (χ3v) is 4.50. The van der Waals surface area contributed by atoms with E-state index in [0.717, 1.165) is 45.9 Å². The summed E-state index contributed by atoms with van der Waals surface area (Å²) in [6.07, 6.45) is 4.29. The van der Waals surface area contributed by atoms with Gasteiger partial charge >= 0.3 is 0 Å². The van der Waals surface area contributed by atoms with Gasteiger partial charge in [0, 0.05) is 35.8 Å². The van der Waals surface area contributed by atoms with E-state index in [4.69, 9.17) is 0 Å². The largest absolute Gasteiger partial charge is 0.346 e. The summed E-state index contributed by atoms with van der Waals surface area (Å²) in [7, 11) is 0. The lowest BCUT2D eigenvalue weighted by atomic mass is 10.0. The molecule has 2 aromatic carbocycles. The highest BCUT2D eigenvalue weighted by molar-refractivity contribution is 5.91. The van der Waals surface area contributed by atoms with Crippen LogP contribution in [-0.2, 0) is 11.2 Å². The highest BCUT2D eigenvalue weighted by atomic mass is 19.1. The molecule has 0 radical (unpaired) electrons. The molecule has 0 aliphatic carbocycles. The molecule has 2 N–H and O–H groups in total. The number of H-pyrrole nitrogens is 1. The van der Waals surface area contributed by atoms with E-state index in [0.29, 0.717) is 6.42 Å². The Kier molecular flexibility index (Phi) is 4.85. The van der Waals surface area contributed by atoms with Crippen molar-refractivity contribution in [2.75, 3.05) is 5.32 Å². The predicted octanol–water partition coefficient (Wildman–Crippen LogP) is 5.08. The Morgan fingerprint density at radius 3 is 2.82 bits per heavy atom. The van der Waals surface area contributed by atoms with Gasteiger partial charge in [0.05, 0.1) is 5.69 Å². The van der Waals surface area contributed by atoms with Crippen LogP contribution in [0.3, 0.4) is 0 Å². The van der Waals surface area contributed by atoms with Gasteiger partial charge in [0.2, 0.25) is 5.91 Å². The van der Waals surface area contributed by atoms with Crippen molar-refractivity contribution in [3.8, 4) is 11.1 Å². The number of aromatic amines is 1. The Balaban J connectivity index is 1.44. The minimum atomic E-state index is -0.663. The molecule has 0 bridgehead atoms. The Morgan fingerprint density at radius 1 is 1.04 bits per heavy atom. The van der Waals surface area contributed by atoms with E-state index in [9.17, 15) is 13.6 Å². The minimum absolute atomic E-state index is 0.148. The van der Waals surface area contributed by atoms with Crippen LogP contribution in [0.25, 0.3) is 22.2 Å². The van der Waals surface area contributed by atoms with Crippen LogP contribution in [0.2, 0.25) is 0 Å². The molecule has 0 saturated carbocycles. The zero-order valence-corrected chi connectivity index (χ0v) is 14.9. The molecule has 0 aliphatic heterocycles. The molecule has 0 fully saturated rings. The zero-order valence-electron chi connectivity index (χ0n) is 14.9. The summed E-state index contributed by atoms with van der Waals surface area (Å²) in [5, 5.41) is 3.44. The third-order valence-electron chi connectivity index (χ3n) is 4.50. The van der Waals surface area contributed by atoms with Gasteiger partial charge in [-0.1, -0.05) is 24.3 Å². The second-order valence-electron chi connectivity index (χ2n) is 6.51. The molecule has 140 valence electrons. The summed E-state index contributed by atoms with van der Waals surface area (Å²) < 4.78 is 26.8. The van der Waals surface area contributed by atoms with Crippen molar-refractivity contribution in [3.63, 3.8) is 0 Å². The molecule has 1 amide bonds. The van der Waals surface area contributed by atoms with Gasteiger partial charge in [-0.25, -0.2) is 13.8 Å². The molecule has 0 atom stereocenters. The van der Waals surface area contributed by atoms with Crippen LogP contribution in [0.4, 0.5) is 14.5 Å². The normalized spacial score (nSPS) is 10.9. The highest BCUT2D eigenvalue weighted by Gasteiger charge is 2.09. The first-order chi connectivity index (χ1) is 13.6. The zero-order chi connectivity index (χ0) is 19.5. The second kappa shape index (κ2) is 7.60. The van der Waals surface area contributed by atoms with Gasteiger partial charge in [-0.15, -0.1) is 0 Å². The van der Waals surface area contributed by atoms with Crippen LogP contribution in [0.1, 0.15) is 12.0 Å². The first-order valence-electron chi connectivity index (χ1n) is 8.86. The lowest BCUT2D eigenvalue weighted by Gasteiger charge is -2.08. The maximum Gasteiger partial charge on any atom is 0.224 e. The maximum atomic E-state index is 13.6. The van der Waals surface area contributed by atoms with Gasteiger partial charge < -0.3 is 10.3 Å². The lowest BCUT2D eigenvalue weighted by Crippen LogP contribution is -2.13. The number of pyridine rings is 1. The van der Waals surface area contributed by atoms with Crippen molar-refractivity contribution in [2.45, 2.75) is 12.8 Å². The molecule has 0 aliphatic rings. The molecular weight excluding hydrogens is 360 g/mol. The lowest BCUT2D eigenvalue weighted by molar-refractivity contribution is -0.116. The Morgan fingerprint density at radius 2 is 1.93 bits per heavy atom. The van der Waals surface area contributed by atoms with E-state index in [1.807, 2.05) is 36.5 Å². The van der Waals surface area contributed by atoms with E-state index in [-0.39, 0.29) is 18.0 Å². The number of hydrogen-bond acceptors (Lipinski definition) is 2. The van der Waals surface area contributed by atoms with Gasteiger partial charge in [0.15, 0.2) is 0 Å². The number of hydrogen-bond donors (Lipinski definition) is 2. The molecule has 6 heteroatoms. The van der Waals surface area contributed by atoms with E-state index in [2.05, 4.69) is 21.4 Å². The predicted molar refractivity (Wildman–Crippen MR) is 105 cm³/mol. The monoisotopic (exact) mass is 377 g/mol. The molecule has 0 unspecified atom stereocenters.